The zero-order chi connectivity index (χ0) is 18.5. The highest BCUT2D eigenvalue weighted by molar-refractivity contribution is 5.94. The maximum atomic E-state index is 12.9. The molecule has 6 nitrogen and oxygen atoms in total. The van der Waals surface area contributed by atoms with Crippen molar-refractivity contribution in [2.24, 2.45) is 5.73 Å². The summed E-state index contributed by atoms with van der Waals surface area (Å²) in [6, 6.07) is 14.7. The van der Waals surface area contributed by atoms with Gasteiger partial charge in [0.25, 0.3) is 5.91 Å². The number of rotatable bonds is 5. The first-order chi connectivity index (χ1) is 12.6. The highest BCUT2D eigenvalue weighted by atomic mass is 16.5. The summed E-state index contributed by atoms with van der Waals surface area (Å²) in [7, 11) is 1.64. The molecular weight excluding hydrogens is 330 g/mol. The molecule has 0 bridgehead atoms. The van der Waals surface area contributed by atoms with E-state index in [2.05, 4.69) is 5.32 Å². The molecule has 26 heavy (non-hydrogen) atoms. The maximum absolute atomic E-state index is 12.9. The van der Waals surface area contributed by atoms with Gasteiger partial charge < -0.3 is 20.7 Å². The Morgan fingerprint density at radius 2 is 1.85 bits per heavy atom. The third kappa shape index (κ3) is 3.96. The van der Waals surface area contributed by atoms with Crippen molar-refractivity contribution in [1.82, 2.24) is 10.2 Å². The Kier molecular flexibility index (Phi) is 5.41. The van der Waals surface area contributed by atoms with Crippen LogP contribution in [0.15, 0.2) is 48.5 Å². The molecule has 2 aromatic carbocycles. The summed E-state index contributed by atoms with van der Waals surface area (Å²) in [6.07, 6.45) is 1.95. The highest BCUT2D eigenvalue weighted by Gasteiger charge is 2.30. The van der Waals surface area contributed by atoms with Crippen LogP contribution in [0, 0.1) is 0 Å². The molecule has 1 unspecified atom stereocenters. The molecule has 1 fully saturated rings. The van der Waals surface area contributed by atoms with Crippen LogP contribution in [0.3, 0.4) is 0 Å². The van der Waals surface area contributed by atoms with Crippen molar-refractivity contribution in [3.63, 3.8) is 0 Å². The van der Waals surface area contributed by atoms with Gasteiger partial charge >= 0.3 is 6.03 Å². The van der Waals surface area contributed by atoms with E-state index in [4.69, 9.17) is 10.5 Å². The van der Waals surface area contributed by atoms with Gasteiger partial charge in [0.2, 0.25) is 0 Å². The van der Waals surface area contributed by atoms with Crippen molar-refractivity contribution in [1.29, 1.82) is 0 Å². The lowest BCUT2D eigenvalue weighted by atomic mass is 10.0. The molecular formula is C20H23N3O3. The second-order valence-electron chi connectivity index (χ2n) is 6.34. The van der Waals surface area contributed by atoms with Crippen molar-refractivity contribution in [3.05, 3.63) is 65.2 Å². The van der Waals surface area contributed by atoms with Gasteiger partial charge in [-0.15, -0.1) is 0 Å². The molecule has 1 aliphatic heterocycles. The van der Waals surface area contributed by atoms with Gasteiger partial charge in [-0.2, -0.15) is 0 Å². The van der Waals surface area contributed by atoms with E-state index in [0.717, 1.165) is 36.3 Å². The predicted octanol–water partition coefficient (Wildman–Crippen LogP) is 2.84. The van der Waals surface area contributed by atoms with Crippen LogP contribution in [0.25, 0.3) is 0 Å². The van der Waals surface area contributed by atoms with Crippen LogP contribution in [-0.4, -0.2) is 30.5 Å². The molecule has 3 amide bonds. The Balaban J connectivity index is 1.72. The highest BCUT2D eigenvalue weighted by Crippen LogP contribution is 2.33. The Labute approximate surface area is 152 Å². The summed E-state index contributed by atoms with van der Waals surface area (Å²) < 4.78 is 5.21. The Bertz CT molecular complexity index is 772. The third-order valence-corrected chi connectivity index (χ3v) is 4.68. The maximum Gasteiger partial charge on any atom is 0.312 e. The van der Waals surface area contributed by atoms with Gasteiger partial charge in [0.15, 0.2) is 0 Å². The first-order valence-corrected chi connectivity index (χ1v) is 8.65. The molecule has 0 aliphatic carbocycles. The fraction of sp³-hybridized carbons (Fsp3) is 0.300. The molecule has 2 aromatic rings. The van der Waals surface area contributed by atoms with Gasteiger partial charge in [0.05, 0.1) is 13.2 Å². The van der Waals surface area contributed by atoms with E-state index in [9.17, 15) is 9.59 Å². The predicted molar refractivity (Wildman–Crippen MR) is 98.9 cm³/mol. The minimum Gasteiger partial charge on any atom is -0.497 e. The number of primary amides is 1. The number of ether oxygens (including phenoxy) is 1. The quantitative estimate of drug-likeness (QED) is 0.867. The summed E-state index contributed by atoms with van der Waals surface area (Å²) >= 11 is 0. The SMILES string of the molecule is COc1ccc(C2CCCN2C(=O)c2ccc(CNC(N)=O)cc2)cc1. The molecule has 6 heteroatoms. The van der Waals surface area contributed by atoms with Crippen LogP contribution in [0.1, 0.15) is 40.4 Å². The molecule has 0 saturated carbocycles. The molecule has 0 spiro atoms. The molecule has 1 heterocycles. The smallest absolute Gasteiger partial charge is 0.312 e. The fourth-order valence-corrected chi connectivity index (χ4v) is 3.30. The van der Waals surface area contributed by atoms with Crippen LogP contribution in [0.2, 0.25) is 0 Å². The Hall–Kier alpha value is -3.02. The number of carbonyl (C=O) groups is 2. The van der Waals surface area contributed by atoms with E-state index < -0.39 is 6.03 Å². The lowest BCUT2D eigenvalue weighted by Crippen LogP contribution is -2.30. The van der Waals surface area contributed by atoms with Crippen molar-refractivity contribution in [2.75, 3.05) is 13.7 Å². The number of amides is 3. The number of carbonyl (C=O) groups excluding carboxylic acids is 2. The minimum absolute atomic E-state index is 0.0257. The first-order valence-electron chi connectivity index (χ1n) is 8.65. The van der Waals surface area contributed by atoms with E-state index in [1.807, 2.05) is 41.3 Å². The monoisotopic (exact) mass is 353 g/mol. The van der Waals surface area contributed by atoms with Crippen molar-refractivity contribution >= 4 is 11.9 Å². The van der Waals surface area contributed by atoms with E-state index in [1.165, 1.54) is 0 Å². The summed E-state index contributed by atoms with van der Waals surface area (Å²) in [5.41, 5.74) is 7.74. The van der Waals surface area contributed by atoms with Crippen LogP contribution in [-0.2, 0) is 6.54 Å². The van der Waals surface area contributed by atoms with Gasteiger partial charge in [0.1, 0.15) is 5.75 Å². The number of nitrogens with one attached hydrogen (secondary N) is 1. The average molecular weight is 353 g/mol. The second-order valence-corrected chi connectivity index (χ2v) is 6.34. The van der Waals surface area contributed by atoms with E-state index in [-0.39, 0.29) is 11.9 Å². The van der Waals surface area contributed by atoms with E-state index in [1.54, 1.807) is 19.2 Å². The van der Waals surface area contributed by atoms with Crippen LogP contribution in [0.5, 0.6) is 5.75 Å². The molecule has 1 saturated heterocycles. The normalized spacial score (nSPS) is 16.3. The zero-order valence-electron chi connectivity index (χ0n) is 14.8. The van der Waals surface area contributed by atoms with E-state index in [0.29, 0.717) is 12.1 Å². The number of likely N-dealkylation sites (tertiary alicyclic amines) is 1. The van der Waals surface area contributed by atoms with Gasteiger partial charge in [-0.05, 0) is 48.2 Å². The topological polar surface area (TPSA) is 84.7 Å². The standard InChI is InChI=1S/C20H23N3O3/c1-26-17-10-8-15(9-11-17)18-3-2-12-23(18)19(24)16-6-4-14(5-7-16)13-22-20(21)25/h4-11,18H,2-3,12-13H2,1H3,(H3,21,22,25). The van der Waals surface area contributed by atoms with Crippen LogP contribution < -0.4 is 15.8 Å². The van der Waals surface area contributed by atoms with Crippen LogP contribution in [0.4, 0.5) is 4.79 Å². The van der Waals surface area contributed by atoms with Crippen molar-refractivity contribution in [2.45, 2.75) is 25.4 Å². The molecule has 0 aromatic heterocycles. The first kappa shape index (κ1) is 17.8. The van der Waals surface area contributed by atoms with E-state index >= 15 is 0 Å². The molecule has 1 aliphatic rings. The van der Waals surface area contributed by atoms with Gasteiger partial charge in [-0.3, -0.25) is 4.79 Å². The van der Waals surface area contributed by atoms with Gasteiger partial charge in [0, 0.05) is 18.7 Å². The minimum atomic E-state index is -0.565. The number of hydrogen-bond acceptors (Lipinski definition) is 3. The van der Waals surface area contributed by atoms with Crippen molar-refractivity contribution in [3.8, 4) is 5.75 Å². The number of benzene rings is 2. The van der Waals surface area contributed by atoms with Crippen molar-refractivity contribution < 1.29 is 14.3 Å². The number of urea groups is 1. The largest absolute Gasteiger partial charge is 0.497 e. The van der Waals surface area contributed by atoms with Gasteiger partial charge in [-0.25, -0.2) is 4.79 Å². The summed E-state index contributed by atoms with van der Waals surface area (Å²) in [6.45, 7) is 1.10. The fourth-order valence-electron chi connectivity index (χ4n) is 3.30. The average Bonchev–Trinajstić information content (AvgIpc) is 3.16. The second kappa shape index (κ2) is 7.91. The lowest BCUT2D eigenvalue weighted by molar-refractivity contribution is 0.0735. The zero-order valence-corrected chi connectivity index (χ0v) is 14.8. The Morgan fingerprint density at radius 1 is 1.15 bits per heavy atom. The Morgan fingerprint density at radius 3 is 2.46 bits per heavy atom. The molecule has 3 rings (SSSR count). The molecule has 3 N–H and O–H groups in total. The molecule has 0 radical (unpaired) electrons. The molecule has 136 valence electrons. The number of methoxy groups -OCH3 is 1. The number of nitrogens with zero attached hydrogens (tertiary/aromatic N) is 1. The van der Waals surface area contributed by atoms with Crippen LogP contribution >= 0.6 is 0 Å². The lowest BCUT2D eigenvalue weighted by Gasteiger charge is -2.25. The summed E-state index contributed by atoms with van der Waals surface area (Å²) in [5.74, 6) is 0.836. The number of nitrogens with two attached hydrogens (primary N) is 1. The molecule has 1 atom stereocenters. The number of hydrogen-bond donors (Lipinski definition) is 2. The van der Waals surface area contributed by atoms with Gasteiger partial charge in [-0.1, -0.05) is 24.3 Å². The third-order valence-electron chi connectivity index (χ3n) is 4.68. The summed E-state index contributed by atoms with van der Waals surface area (Å²) in [4.78, 5) is 25.6. The summed E-state index contributed by atoms with van der Waals surface area (Å²) in [5, 5.41) is 2.54.